The number of nitrogens with one attached hydrogen (secondary N) is 1. The van der Waals surface area contributed by atoms with E-state index in [-0.39, 0.29) is 23.3 Å². The number of H-pyrrole nitrogens is 1. The molecule has 2 aromatic heterocycles. The molecule has 0 amide bonds. The number of aromatic amines is 1. The minimum atomic E-state index is -0.806. The van der Waals surface area contributed by atoms with Crippen LogP contribution in [0.4, 0.5) is 0 Å². The molecule has 1 aliphatic rings. The van der Waals surface area contributed by atoms with Crippen LogP contribution in [0.2, 0.25) is 0 Å². The van der Waals surface area contributed by atoms with Gasteiger partial charge in [-0.15, -0.1) is 0 Å². The fourth-order valence-electron chi connectivity index (χ4n) is 5.08. The number of aryl methyl sites for hydroxylation is 2. The lowest BCUT2D eigenvalue weighted by atomic mass is 9.87. The molecule has 9 nitrogen and oxygen atoms in total. The van der Waals surface area contributed by atoms with E-state index in [4.69, 9.17) is 18.9 Å². The molecule has 0 aliphatic carbocycles. The highest BCUT2D eigenvalue weighted by atomic mass is 16.6. The molecule has 2 aromatic carbocycles. The van der Waals surface area contributed by atoms with E-state index in [1.54, 1.807) is 29.7 Å². The third kappa shape index (κ3) is 4.67. The molecule has 5 rings (SSSR count). The van der Waals surface area contributed by atoms with Gasteiger partial charge in [0.25, 0.3) is 5.56 Å². The monoisotopic (exact) mass is 518 g/mol. The summed E-state index contributed by atoms with van der Waals surface area (Å²) in [6, 6.07) is 13.0. The van der Waals surface area contributed by atoms with Crippen LogP contribution in [-0.2, 0) is 22.5 Å². The highest BCUT2D eigenvalue weighted by Gasteiger charge is 2.29. The topological polar surface area (TPSA) is 112 Å². The van der Waals surface area contributed by atoms with Gasteiger partial charge in [0.05, 0.1) is 26.2 Å². The smallest absolute Gasteiger partial charge is 0.306 e. The molecule has 4 aromatic rings. The zero-order chi connectivity index (χ0) is 26.8. The van der Waals surface area contributed by atoms with Crippen LogP contribution in [0.25, 0.3) is 10.9 Å². The molecular weight excluding hydrogens is 488 g/mol. The molecule has 0 unspecified atom stereocenters. The molecule has 38 heavy (non-hydrogen) atoms. The first-order valence-electron chi connectivity index (χ1n) is 12.4. The summed E-state index contributed by atoms with van der Waals surface area (Å²) in [5.41, 5.74) is 3.04. The fourth-order valence-corrected chi connectivity index (χ4v) is 5.08. The highest BCUT2D eigenvalue weighted by Crippen LogP contribution is 2.44. The van der Waals surface area contributed by atoms with E-state index >= 15 is 0 Å². The Kier molecular flexibility index (Phi) is 7.00. The van der Waals surface area contributed by atoms with Gasteiger partial charge in [-0.25, -0.2) is 0 Å². The number of nitrogens with zero attached hydrogens (tertiary/aromatic N) is 1. The Morgan fingerprint density at radius 2 is 1.95 bits per heavy atom. The number of para-hydroxylation sites is 1. The van der Waals surface area contributed by atoms with E-state index < -0.39 is 11.9 Å². The second-order valence-electron chi connectivity index (χ2n) is 9.23. The maximum absolute atomic E-state index is 13.9. The maximum Gasteiger partial charge on any atom is 0.306 e. The second kappa shape index (κ2) is 10.5. The maximum atomic E-state index is 13.9. The largest absolute Gasteiger partial charge is 0.507 e. The van der Waals surface area contributed by atoms with Gasteiger partial charge < -0.3 is 33.6 Å². The number of aromatic nitrogens is 2. The number of methoxy groups -OCH3 is 2. The molecular formula is C29H30N2O7. The molecule has 2 N–H and O–H groups in total. The zero-order valence-electron chi connectivity index (χ0n) is 21.6. The predicted octanol–water partition coefficient (Wildman–Crippen LogP) is 4.06. The van der Waals surface area contributed by atoms with E-state index in [1.807, 2.05) is 30.5 Å². The fraction of sp³-hybridized carbons (Fsp3) is 0.310. The van der Waals surface area contributed by atoms with Crippen molar-refractivity contribution in [3.8, 4) is 23.0 Å². The van der Waals surface area contributed by atoms with Gasteiger partial charge in [-0.2, -0.15) is 0 Å². The lowest BCUT2D eigenvalue weighted by molar-refractivity contribution is -0.140. The molecule has 0 fully saturated rings. The summed E-state index contributed by atoms with van der Waals surface area (Å²) in [6.45, 7) is 2.92. The third-order valence-corrected chi connectivity index (χ3v) is 7.00. The van der Waals surface area contributed by atoms with Crippen molar-refractivity contribution in [3.63, 3.8) is 0 Å². The van der Waals surface area contributed by atoms with Crippen LogP contribution in [0, 0.1) is 6.92 Å². The number of carbonyl (C=O) groups excluding carboxylic acids is 1. The van der Waals surface area contributed by atoms with Gasteiger partial charge in [-0.1, -0.05) is 18.2 Å². The van der Waals surface area contributed by atoms with Crippen molar-refractivity contribution in [1.82, 2.24) is 9.55 Å². The Labute approximate surface area is 219 Å². The number of fused-ring (bicyclic) bond motifs is 2. The number of esters is 1. The molecule has 198 valence electrons. The summed E-state index contributed by atoms with van der Waals surface area (Å²) in [4.78, 5) is 29.7. The third-order valence-electron chi connectivity index (χ3n) is 7.00. The van der Waals surface area contributed by atoms with Crippen LogP contribution in [0.15, 0.2) is 53.5 Å². The highest BCUT2D eigenvalue weighted by molar-refractivity contribution is 5.83. The van der Waals surface area contributed by atoms with Crippen LogP contribution in [0.5, 0.6) is 23.0 Å². The standard InChI is InChI=1S/C29H30N2O7/c1-17-12-23(32)27(29(34)31(17)9-8-18-16-30-22-7-5-4-6-20(18)22)21(15-26(33)36-3)19-13-24(35-2)28-25(14-19)37-10-11-38-28/h4-7,12-14,16,21,30,32H,8-11,15H2,1-3H3/t21-/m0/s1. The van der Waals surface area contributed by atoms with Crippen molar-refractivity contribution in [2.45, 2.75) is 32.2 Å². The van der Waals surface area contributed by atoms with E-state index in [0.29, 0.717) is 54.7 Å². The number of rotatable bonds is 8. The first-order valence-corrected chi connectivity index (χ1v) is 12.4. The Morgan fingerprint density at radius 1 is 1.16 bits per heavy atom. The van der Waals surface area contributed by atoms with Gasteiger partial charge in [0.15, 0.2) is 11.5 Å². The number of benzene rings is 2. The normalized spacial score (nSPS) is 13.3. The Bertz CT molecular complexity index is 1540. The number of ether oxygens (including phenoxy) is 4. The second-order valence-corrected chi connectivity index (χ2v) is 9.23. The summed E-state index contributed by atoms with van der Waals surface area (Å²) in [7, 11) is 2.80. The molecule has 0 saturated heterocycles. The quantitative estimate of drug-likeness (QED) is 0.338. The number of hydrogen-bond donors (Lipinski definition) is 2. The lowest BCUT2D eigenvalue weighted by Crippen LogP contribution is -2.29. The lowest BCUT2D eigenvalue weighted by Gasteiger charge is -2.25. The van der Waals surface area contributed by atoms with Crippen LogP contribution in [0.1, 0.15) is 34.7 Å². The summed E-state index contributed by atoms with van der Waals surface area (Å²) >= 11 is 0. The van der Waals surface area contributed by atoms with Crippen molar-refractivity contribution < 1.29 is 28.8 Å². The number of hydrogen-bond acceptors (Lipinski definition) is 7. The Morgan fingerprint density at radius 3 is 2.74 bits per heavy atom. The molecule has 0 radical (unpaired) electrons. The number of carbonyl (C=O) groups is 1. The van der Waals surface area contributed by atoms with Crippen LogP contribution >= 0.6 is 0 Å². The van der Waals surface area contributed by atoms with Gasteiger partial charge in [-0.05, 0) is 48.7 Å². The van der Waals surface area contributed by atoms with Gasteiger partial charge in [0.2, 0.25) is 5.75 Å². The Balaban J connectivity index is 1.58. The molecule has 0 saturated carbocycles. The van der Waals surface area contributed by atoms with Crippen molar-refractivity contribution >= 4 is 16.9 Å². The first-order chi connectivity index (χ1) is 18.4. The zero-order valence-corrected chi connectivity index (χ0v) is 21.6. The first kappa shape index (κ1) is 25.3. The van der Waals surface area contributed by atoms with Gasteiger partial charge in [0.1, 0.15) is 19.0 Å². The van der Waals surface area contributed by atoms with Gasteiger partial charge >= 0.3 is 5.97 Å². The number of aromatic hydroxyl groups is 1. The summed E-state index contributed by atoms with van der Waals surface area (Å²) < 4.78 is 23.6. The predicted molar refractivity (Wildman–Crippen MR) is 142 cm³/mol. The summed E-state index contributed by atoms with van der Waals surface area (Å²) in [5.74, 6) is -0.180. The molecule has 9 heteroatoms. The van der Waals surface area contributed by atoms with E-state index in [0.717, 1.165) is 16.5 Å². The average Bonchev–Trinajstić information content (AvgIpc) is 3.34. The van der Waals surface area contributed by atoms with E-state index in [2.05, 4.69) is 4.98 Å². The molecule has 0 bridgehead atoms. The summed E-state index contributed by atoms with van der Waals surface area (Å²) in [5, 5.41) is 12.1. The molecule has 3 heterocycles. The van der Waals surface area contributed by atoms with Crippen LogP contribution in [-0.4, -0.2) is 48.1 Å². The van der Waals surface area contributed by atoms with E-state index in [1.165, 1.54) is 14.2 Å². The van der Waals surface area contributed by atoms with Gasteiger partial charge in [0, 0.05) is 35.3 Å². The minimum Gasteiger partial charge on any atom is -0.507 e. The Hall–Kier alpha value is -4.40. The minimum absolute atomic E-state index is 0.110. The molecule has 1 aliphatic heterocycles. The van der Waals surface area contributed by atoms with Crippen molar-refractivity contribution in [3.05, 3.63) is 81.4 Å². The number of pyridine rings is 1. The molecule has 1 atom stereocenters. The van der Waals surface area contributed by atoms with Gasteiger partial charge in [-0.3, -0.25) is 9.59 Å². The van der Waals surface area contributed by atoms with Crippen molar-refractivity contribution in [2.24, 2.45) is 0 Å². The SMILES string of the molecule is COC(=O)C[C@@H](c1cc(OC)c2c(c1)OCCO2)c1c(O)cc(C)n(CCc2c[nH]c3ccccc23)c1=O. The average molecular weight is 519 g/mol. The summed E-state index contributed by atoms with van der Waals surface area (Å²) in [6.07, 6.45) is 2.40. The van der Waals surface area contributed by atoms with Crippen molar-refractivity contribution in [2.75, 3.05) is 27.4 Å². The van der Waals surface area contributed by atoms with Crippen LogP contribution < -0.4 is 19.8 Å². The van der Waals surface area contributed by atoms with Crippen molar-refractivity contribution in [1.29, 1.82) is 0 Å². The molecule has 0 spiro atoms. The van der Waals surface area contributed by atoms with E-state index in [9.17, 15) is 14.7 Å². The van der Waals surface area contributed by atoms with Crippen LogP contribution in [0.3, 0.4) is 0 Å².